The number of esters is 1. The third-order valence-corrected chi connectivity index (χ3v) is 3.33. The molecule has 0 aliphatic rings. The summed E-state index contributed by atoms with van der Waals surface area (Å²) < 4.78 is 6.80. The fraction of sp³-hybridized carbons (Fsp3) is 0.0526. The molecule has 0 aliphatic heterocycles. The highest BCUT2D eigenvalue weighted by atomic mass is 16.5. The molecule has 0 amide bonds. The molecule has 0 saturated carbocycles. The van der Waals surface area contributed by atoms with Crippen molar-refractivity contribution in [2.24, 2.45) is 10.2 Å². The Bertz CT molecular complexity index is 938. The van der Waals surface area contributed by atoms with Crippen molar-refractivity contribution in [3.05, 3.63) is 83.3 Å². The highest BCUT2D eigenvalue weighted by molar-refractivity contribution is 5.69. The Morgan fingerprint density at radius 2 is 1.36 bits per heavy atom. The highest BCUT2D eigenvalue weighted by Gasteiger charge is 1.98. The van der Waals surface area contributed by atoms with Gasteiger partial charge >= 0.3 is 5.97 Å². The molecule has 6 heteroatoms. The van der Waals surface area contributed by atoms with Crippen LogP contribution in [0.5, 0.6) is 5.75 Å². The van der Waals surface area contributed by atoms with E-state index in [0.29, 0.717) is 17.1 Å². The van der Waals surface area contributed by atoms with Crippen molar-refractivity contribution in [3.63, 3.8) is 0 Å². The molecule has 0 atom stereocenters. The lowest BCUT2D eigenvalue weighted by Gasteiger charge is -2.05. The van der Waals surface area contributed by atoms with Gasteiger partial charge in [0, 0.05) is 37.1 Å². The molecule has 124 valence electrons. The molecule has 3 aromatic rings. The maximum Gasteiger partial charge on any atom is 0.308 e. The lowest BCUT2D eigenvalue weighted by Crippen LogP contribution is -2.01. The maximum absolute atomic E-state index is 11.1. The van der Waals surface area contributed by atoms with Crippen LogP contribution in [0.1, 0.15) is 6.92 Å². The van der Waals surface area contributed by atoms with Crippen LogP contribution >= 0.6 is 0 Å². The van der Waals surface area contributed by atoms with Crippen LogP contribution in [0.15, 0.2) is 88.1 Å². The summed E-state index contributed by atoms with van der Waals surface area (Å²) in [5, 5.41) is 8.32. The molecule has 0 fully saturated rings. The van der Waals surface area contributed by atoms with Crippen molar-refractivity contribution in [3.8, 4) is 11.4 Å². The second-order valence-electron chi connectivity index (χ2n) is 5.25. The zero-order chi connectivity index (χ0) is 17.6. The van der Waals surface area contributed by atoms with E-state index in [1.165, 1.54) is 19.1 Å². The second-order valence-corrected chi connectivity index (χ2v) is 5.25. The monoisotopic (exact) mass is 333 g/mol. The molecule has 6 nitrogen and oxygen atoms in total. The van der Waals surface area contributed by atoms with Gasteiger partial charge in [-0.05, 0) is 48.5 Å². The molecule has 1 aromatic heterocycles. The fourth-order valence-electron chi connectivity index (χ4n) is 2.14. The topological polar surface area (TPSA) is 73.0 Å². The molecule has 2 aromatic carbocycles. The minimum atomic E-state index is -0.364. The first-order valence-corrected chi connectivity index (χ1v) is 7.59. The largest absolute Gasteiger partial charge is 0.427 e. The molecule has 0 unspecified atom stereocenters. The summed E-state index contributed by atoms with van der Waals surface area (Å²) in [5.41, 5.74) is 2.25. The normalized spacial score (nSPS) is 10.8. The molecule has 25 heavy (non-hydrogen) atoms. The van der Waals surface area contributed by atoms with Gasteiger partial charge in [0.15, 0.2) is 5.43 Å². The number of carbonyl (C=O) groups excluding carboxylic acids is 1. The number of aromatic nitrogens is 1. The lowest BCUT2D eigenvalue weighted by atomic mass is 10.3. The van der Waals surface area contributed by atoms with Gasteiger partial charge in [-0.3, -0.25) is 9.59 Å². The number of nitrogens with zero attached hydrogens (tertiary/aromatic N) is 3. The molecule has 1 heterocycles. The summed E-state index contributed by atoms with van der Waals surface area (Å²) in [4.78, 5) is 22.0. The minimum Gasteiger partial charge on any atom is -0.427 e. The summed E-state index contributed by atoms with van der Waals surface area (Å²) in [6.07, 6.45) is 3.42. The average Bonchev–Trinajstić information content (AvgIpc) is 2.62. The molecular formula is C19H15N3O3. The molecule has 0 radical (unpaired) electrons. The first kappa shape index (κ1) is 16.3. The Morgan fingerprint density at radius 1 is 0.840 bits per heavy atom. The predicted octanol–water partition coefficient (Wildman–Crippen LogP) is 4.18. The van der Waals surface area contributed by atoms with Gasteiger partial charge in [0.25, 0.3) is 0 Å². The van der Waals surface area contributed by atoms with Crippen LogP contribution in [-0.4, -0.2) is 10.5 Å². The third-order valence-electron chi connectivity index (χ3n) is 3.33. The zero-order valence-corrected chi connectivity index (χ0v) is 13.5. The maximum atomic E-state index is 11.1. The van der Waals surface area contributed by atoms with E-state index in [4.69, 9.17) is 4.74 Å². The van der Waals surface area contributed by atoms with Crippen LogP contribution in [0.4, 0.5) is 11.4 Å². The SMILES string of the molecule is CC(=O)Oc1ccc(N=Nc2ccc(-n3ccc(=O)cc3)cc2)cc1. The Kier molecular flexibility index (Phi) is 4.80. The van der Waals surface area contributed by atoms with Crippen LogP contribution in [0.3, 0.4) is 0 Å². The van der Waals surface area contributed by atoms with E-state index in [1.54, 1.807) is 36.7 Å². The molecule has 3 rings (SSSR count). The van der Waals surface area contributed by atoms with Crippen molar-refractivity contribution in [2.75, 3.05) is 0 Å². The van der Waals surface area contributed by atoms with Crippen molar-refractivity contribution in [1.29, 1.82) is 0 Å². The van der Waals surface area contributed by atoms with Crippen molar-refractivity contribution in [1.82, 2.24) is 4.57 Å². The highest BCUT2D eigenvalue weighted by Crippen LogP contribution is 2.22. The van der Waals surface area contributed by atoms with Gasteiger partial charge in [-0.15, -0.1) is 0 Å². The number of ether oxygens (including phenoxy) is 1. The van der Waals surface area contributed by atoms with Gasteiger partial charge in [-0.1, -0.05) is 0 Å². The first-order valence-electron chi connectivity index (χ1n) is 7.59. The number of hydrogen-bond donors (Lipinski definition) is 0. The minimum absolute atomic E-state index is 0.0265. The summed E-state index contributed by atoms with van der Waals surface area (Å²) in [7, 11) is 0. The number of pyridine rings is 1. The van der Waals surface area contributed by atoms with Crippen LogP contribution in [0.2, 0.25) is 0 Å². The van der Waals surface area contributed by atoms with E-state index >= 15 is 0 Å². The molecule has 0 bridgehead atoms. The molecule has 0 spiro atoms. The van der Waals surface area contributed by atoms with Crippen molar-refractivity contribution in [2.45, 2.75) is 6.92 Å². The Morgan fingerprint density at radius 3 is 1.88 bits per heavy atom. The predicted molar refractivity (Wildman–Crippen MR) is 94.0 cm³/mol. The van der Waals surface area contributed by atoms with Crippen molar-refractivity contribution < 1.29 is 9.53 Å². The summed E-state index contributed by atoms with van der Waals surface area (Å²) in [5.74, 6) is 0.106. The third kappa shape index (κ3) is 4.48. The number of carbonyl (C=O) groups is 1. The van der Waals surface area contributed by atoms with Gasteiger partial charge in [0.2, 0.25) is 0 Å². The number of hydrogen-bond acceptors (Lipinski definition) is 5. The second kappa shape index (κ2) is 7.35. The van der Waals surface area contributed by atoms with Gasteiger partial charge in [0.1, 0.15) is 5.75 Å². The molecule has 0 saturated heterocycles. The smallest absolute Gasteiger partial charge is 0.308 e. The van der Waals surface area contributed by atoms with Gasteiger partial charge < -0.3 is 9.30 Å². The van der Waals surface area contributed by atoms with E-state index in [2.05, 4.69) is 10.2 Å². The summed E-state index contributed by atoms with van der Waals surface area (Å²) in [6.45, 7) is 1.35. The Balaban J connectivity index is 1.70. The van der Waals surface area contributed by atoms with E-state index in [-0.39, 0.29) is 11.4 Å². The van der Waals surface area contributed by atoms with Crippen LogP contribution in [0, 0.1) is 0 Å². The Labute approximate surface area is 144 Å². The summed E-state index contributed by atoms with van der Waals surface area (Å²) >= 11 is 0. The zero-order valence-electron chi connectivity index (χ0n) is 13.5. The molecule has 0 aliphatic carbocycles. The number of rotatable bonds is 4. The summed E-state index contributed by atoms with van der Waals surface area (Å²) in [6, 6.07) is 17.2. The first-order chi connectivity index (χ1) is 12.1. The van der Waals surface area contributed by atoms with Gasteiger partial charge in [-0.2, -0.15) is 10.2 Å². The fourth-order valence-corrected chi connectivity index (χ4v) is 2.14. The number of azo groups is 1. The lowest BCUT2D eigenvalue weighted by molar-refractivity contribution is -0.131. The van der Waals surface area contributed by atoms with E-state index in [0.717, 1.165) is 5.69 Å². The molecule has 0 N–H and O–H groups in total. The van der Waals surface area contributed by atoms with Gasteiger partial charge in [0.05, 0.1) is 11.4 Å². The van der Waals surface area contributed by atoms with Crippen LogP contribution in [0.25, 0.3) is 5.69 Å². The van der Waals surface area contributed by atoms with Gasteiger partial charge in [-0.25, -0.2) is 0 Å². The van der Waals surface area contributed by atoms with E-state index in [1.807, 2.05) is 28.8 Å². The van der Waals surface area contributed by atoms with Crippen LogP contribution < -0.4 is 10.2 Å². The molecular weight excluding hydrogens is 318 g/mol. The quantitative estimate of drug-likeness (QED) is 0.408. The number of benzene rings is 2. The standard InChI is InChI=1S/C19H15N3O3/c1-14(23)25-19-8-4-16(5-9-19)21-20-15-2-6-17(7-3-15)22-12-10-18(24)11-13-22/h2-13H,1H3. The van der Waals surface area contributed by atoms with Crippen LogP contribution in [-0.2, 0) is 4.79 Å². The van der Waals surface area contributed by atoms with E-state index in [9.17, 15) is 9.59 Å². The van der Waals surface area contributed by atoms with E-state index < -0.39 is 0 Å². The average molecular weight is 333 g/mol. The Hall–Kier alpha value is -3.54. The van der Waals surface area contributed by atoms with Crippen molar-refractivity contribution >= 4 is 17.3 Å².